The quantitative estimate of drug-likeness (QED) is 0.813. The topological polar surface area (TPSA) is 29.5 Å². The molecule has 1 aliphatic carbocycles. The molecule has 0 N–H and O–H groups in total. The molecular formula is C20H23NO2. The first-order valence-electron chi connectivity index (χ1n) is 8.36. The Morgan fingerprint density at radius 3 is 2.78 bits per heavy atom. The van der Waals surface area contributed by atoms with E-state index in [1.165, 1.54) is 21.9 Å². The number of hydrogen-bond donors (Lipinski definition) is 0. The molecule has 2 aromatic carbocycles. The number of carbonyl (C=O) groups is 1. The minimum atomic E-state index is -0.233. The lowest BCUT2D eigenvalue weighted by molar-refractivity contribution is 0.100. The molecule has 3 rings (SSSR count). The van der Waals surface area contributed by atoms with Gasteiger partial charge in [0.2, 0.25) is 0 Å². The van der Waals surface area contributed by atoms with Crippen LogP contribution in [-0.2, 0) is 17.8 Å². The number of amides is 1. The summed E-state index contributed by atoms with van der Waals surface area (Å²) >= 11 is 0. The van der Waals surface area contributed by atoms with Gasteiger partial charge in [0.1, 0.15) is 6.61 Å². The standard InChI is InChI=1S/C20H23NO2/c1-3-21(4-2)20(22)23-14-19-17-11-7-5-9-15(17)13-16-10-6-8-12-18(16)19/h5-7,9-11,13H,3-4,8,12,14H2,1-2H3. The van der Waals surface area contributed by atoms with Crippen molar-refractivity contribution in [3.05, 3.63) is 53.1 Å². The summed E-state index contributed by atoms with van der Waals surface area (Å²) in [7, 11) is 0. The van der Waals surface area contributed by atoms with Gasteiger partial charge in [0.15, 0.2) is 0 Å². The summed E-state index contributed by atoms with van der Waals surface area (Å²) in [5.41, 5.74) is 3.73. The molecule has 1 aliphatic rings. The van der Waals surface area contributed by atoms with Crippen LogP contribution in [0.25, 0.3) is 16.8 Å². The number of allylic oxidation sites excluding steroid dienone is 1. The summed E-state index contributed by atoms with van der Waals surface area (Å²) in [6.07, 6.45) is 6.21. The fraction of sp³-hybridized carbons (Fsp3) is 0.350. The van der Waals surface area contributed by atoms with Gasteiger partial charge in [-0.05, 0) is 54.7 Å². The molecule has 0 aliphatic heterocycles. The summed E-state index contributed by atoms with van der Waals surface area (Å²) in [4.78, 5) is 13.9. The highest BCUT2D eigenvalue weighted by molar-refractivity contribution is 5.90. The van der Waals surface area contributed by atoms with Crippen molar-refractivity contribution in [2.75, 3.05) is 13.1 Å². The van der Waals surface area contributed by atoms with Gasteiger partial charge in [-0.15, -0.1) is 0 Å². The lowest BCUT2D eigenvalue weighted by Gasteiger charge is -2.21. The highest BCUT2D eigenvalue weighted by Gasteiger charge is 2.17. The molecule has 0 saturated carbocycles. The zero-order chi connectivity index (χ0) is 16.2. The predicted molar refractivity (Wildman–Crippen MR) is 94.4 cm³/mol. The molecule has 0 saturated heterocycles. The summed E-state index contributed by atoms with van der Waals surface area (Å²) in [5.74, 6) is 0. The van der Waals surface area contributed by atoms with E-state index in [9.17, 15) is 4.79 Å². The predicted octanol–water partition coefficient (Wildman–Crippen LogP) is 4.78. The number of carbonyl (C=O) groups excluding carboxylic acids is 1. The third-order valence-corrected chi connectivity index (χ3v) is 4.53. The second kappa shape index (κ2) is 6.86. The molecule has 0 aromatic heterocycles. The summed E-state index contributed by atoms with van der Waals surface area (Å²) in [5, 5.41) is 2.39. The molecule has 0 spiro atoms. The number of nitrogens with zero attached hydrogens (tertiary/aromatic N) is 1. The van der Waals surface area contributed by atoms with Gasteiger partial charge in [0, 0.05) is 18.7 Å². The van der Waals surface area contributed by atoms with E-state index in [-0.39, 0.29) is 6.09 Å². The van der Waals surface area contributed by atoms with Crippen LogP contribution in [0.15, 0.2) is 36.4 Å². The Balaban J connectivity index is 1.96. The molecule has 0 radical (unpaired) electrons. The number of benzene rings is 2. The third kappa shape index (κ3) is 3.09. The Labute approximate surface area is 137 Å². The Kier molecular flexibility index (Phi) is 4.65. The van der Waals surface area contributed by atoms with Gasteiger partial charge >= 0.3 is 6.09 Å². The molecule has 120 valence electrons. The van der Waals surface area contributed by atoms with E-state index in [4.69, 9.17) is 4.74 Å². The van der Waals surface area contributed by atoms with Crippen LogP contribution in [0.2, 0.25) is 0 Å². The lowest BCUT2D eigenvalue weighted by atomic mass is 9.89. The van der Waals surface area contributed by atoms with Crippen molar-refractivity contribution >= 4 is 22.9 Å². The largest absolute Gasteiger partial charge is 0.445 e. The molecule has 2 aromatic rings. The van der Waals surface area contributed by atoms with Crippen LogP contribution in [0.5, 0.6) is 0 Å². The van der Waals surface area contributed by atoms with E-state index in [2.05, 4.69) is 30.4 Å². The maximum atomic E-state index is 12.2. The molecule has 3 heteroatoms. The zero-order valence-corrected chi connectivity index (χ0v) is 13.8. The summed E-state index contributed by atoms with van der Waals surface area (Å²) in [6, 6.07) is 10.6. The number of rotatable bonds is 4. The number of ether oxygens (including phenoxy) is 1. The first-order chi connectivity index (χ1) is 11.2. The summed E-state index contributed by atoms with van der Waals surface area (Å²) < 4.78 is 5.61. The van der Waals surface area contributed by atoms with Crippen molar-refractivity contribution < 1.29 is 9.53 Å². The van der Waals surface area contributed by atoms with Crippen LogP contribution in [0.4, 0.5) is 4.79 Å². The van der Waals surface area contributed by atoms with Crippen molar-refractivity contribution in [3.63, 3.8) is 0 Å². The summed E-state index contributed by atoms with van der Waals surface area (Å²) in [6.45, 7) is 5.62. The maximum Gasteiger partial charge on any atom is 0.410 e. The molecule has 0 fully saturated rings. The lowest BCUT2D eigenvalue weighted by Crippen LogP contribution is -2.31. The minimum Gasteiger partial charge on any atom is -0.445 e. The smallest absolute Gasteiger partial charge is 0.410 e. The average molecular weight is 309 g/mol. The molecule has 0 bridgehead atoms. The molecule has 23 heavy (non-hydrogen) atoms. The second-order valence-corrected chi connectivity index (χ2v) is 5.81. The normalized spacial score (nSPS) is 13.0. The zero-order valence-electron chi connectivity index (χ0n) is 13.8. The van der Waals surface area contributed by atoms with Crippen LogP contribution in [0.3, 0.4) is 0 Å². The minimum absolute atomic E-state index is 0.233. The molecule has 0 atom stereocenters. The van der Waals surface area contributed by atoms with Crippen LogP contribution in [0, 0.1) is 0 Å². The molecule has 1 amide bonds. The van der Waals surface area contributed by atoms with Gasteiger partial charge in [0.05, 0.1) is 0 Å². The van der Waals surface area contributed by atoms with Gasteiger partial charge in [0.25, 0.3) is 0 Å². The average Bonchev–Trinajstić information content (AvgIpc) is 2.59. The Morgan fingerprint density at radius 1 is 1.22 bits per heavy atom. The number of hydrogen-bond acceptors (Lipinski definition) is 2. The first-order valence-corrected chi connectivity index (χ1v) is 8.36. The van der Waals surface area contributed by atoms with E-state index >= 15 is 0 Å². The van der Waals surface area contributed by atoms with Gasteiger partial charge in [-0.1, -0.05) is 36.4 Å². The molecule has 0 unspecified atom stereocenters. The Hall–Kier alpha value is -2.29. The van der Waals surface area contributed by atoms with E-state index in [1.807, 2.05) is 26.0 Å². The van der Waals surface area contributed by atoms with Crippen LogP contribution in [0.1, 0.15) is 37.0 Å². The maximum absolute atomic E-state index is 12.2. The van der Waals surface area contributed by atoms with Crippen LogP contribution in [-0.4, -0.2) is 24.1 Å². The fourth-order valence-electron chi connectivity index (χ4n) is 3.24. The molecule has 3 nitrogen and oxygen atoms in total. The van der Waals surface area contributed by atoms with Crippen molar-refractivity contribution in [2.45, 2.75) is 33.3 Å². The SMILES string of the molecule is CCN(CC)C(=O)OCc1c2c(cc3ccccc13)C=CCC2. The fourth-order valence-corrected chi connectivity index (χ4v) is 3.24. The van der Waals surface area contributed by atoms with E-state index in [0.717, 1.165) is 18.4 Å². The highest BCUT2D eigenvalue weighted by atomic mass is 16.6. The third-order valence-electron chi connectivity index (χ3n) is 4.53. The van der Waals surface area contributed by atoms with Gasteiger partial charge in [-0.3, -0.25) is 0 Å². The molecule has 0 heterocycles. The van der Waals surface area contributed by atoms with E-state index < -0.39 is 0 Å². The second-order valence-electron chi connectivity index (χ2n) is 5.81. The number of fused-ring (bicyclic) bond motifs is 2. The Bertz CT molecular complexity index is 745. The van der Waals surface area contributed by atoms with Gasteiger partial charge in [-0.2, -0.15) is 0 Å². The Morgan fingerprint density at radius 2 is 2.00 bits per heavy atom. The van der Waals surface area contributed by atoms with Gasteiger partial charge < -0.3 is 9.64 Å². The van der Waals surface area contributed by atoms with Crippen LogP contribution < -0.4 is 0 Å². The van der Waals surface area contributed by atoms with E-state index in [1.54, 1.807) is 4.90 Å². The molecular weight excluding hydrogens is 286 g/mol. The van der Waals surface area contributed by atoms with Crippen molar-refractivity contribution in [1.82, 2.24) is 4.90 Å². The van der Waals surface area contributed by atoms with E-state index in [0.29, 0.717) is 19.7 Å². The van der Waals surface area contributed by atoms with Crippen molar-refractivity contribution in [1.29, 1.82) is 0 Å². The van der Waals surface area contributed by atoms with Gasteiger partial charge in [-0.25, -0.2) is 4.79 Å². The highest BCUT2D eigenvalue weighted by Crippen LogP contribution is 2.31. The van der Waals surface area contributed by atoms with Crippen molar-refractivity contribution in [3.8, 4) is 0 Å². The monoisotopic (exact) mass is 309 g/mol. The first kappa shape index (κ1) is 15.6. The van der Waals surface area contributed by atoms with Crippen LogP contribution >= 0.6 is 0 Å². The van der Waals surface area contributed by atoms with Crippen molar-refractivity contribution in [2.24, 2.45) is 0 Å².